The molecule has 0 heterocycles. The van der Waals surface area contributed by atoms with Gasteiger partial charge in [0, 0.05) is 39.1 Å². The molecule has 0 bridgehead atoms. The molecule has 0 amide bonds. The summed E-state index contributed by atoms with van der Waals surface area (Å²) in [5.41, 5.74) is 0.640. The van der Waals surface area contributed by atoms with Gasteiger partial charge in [0.2, 0.25) is 10.0 Å². The Bertz CT molecular complexity index is 705. The minimum absolute atomic E-state index is 0.106. The van der Waals surface area contributed by atoms with Crippen molar-refractivity contribution in [3.05, 3.63) is 35.6 Å². The third kappa shape index (κ3) is 6.92. The summed E-state index contributed by atoms with van der Waals surface area (Å²) in [5, 5.41) is 6.41. The van der Waals surface area contributed by atoms with Gasteiger partial charge >= 0.3 is 0 Å². The average molecular weight is 387 g/mol. The van der Waals surface area contributed by atoms with E-state index in [0.717, 1.165) is 5.56 Å². The molecule has 0 saturated carbocycles. The zero-order chi connectivity index (χ0) is 19.8. The van der Waals surface area contributed by atoms with Crippen LogP contribution in [0.4, 0.5) is 4.39 Å². The minimum atomic E-state index is -3.14. The summed E-state index contributed by atoms with van der Waals surface area (Å²) >= 11 is 0. The Morgan fingerprint density at radius 2 is 2.00 bits per heavy atom. The Morgan fingerprint density at radius 1 is 1.31 bits per heavy atom. The summed E-state index contributed by atoms with van der Waals surface area (Å²) in [4.78, 5) is 4.17. The summed E-state index contributed by atoms with van der Waals surface area (Å²) in [6, 6.07) is 6.59. The van der Waals surface area contributed by atoms with Crippen LogP contribution in [0.2, 0.25) is 0 Å². The van der Waals surface area contributed by atoms with Gasteiger partial charge in [-0.25, -0.2) is 17.1 Å². The van der Waals surface area contributed by atoms with Crippen LogP contribution in [0.5, 0.6) is 0 Å². The van der Waals surface area contributed by atoms with Gasteiger partial charge in [-0.1, -0.05) is 26.0 Å². The van der Waals surface area contributed by atoms with Crippen molar-refractivity contribution in [3.8, 4) is 0 Å². The van der Waals surface area contributed by atoms with Crippen LogP contribution in [-0.4, -0.2) is 58.2 Å². The quantitative estimate of drug-likeness (QED) is 0.386. The fraction of sp³-hybridized carbons (Fsp3) is 0.611. The van der Waals surface area contributed by atoms with E-state index in [1.807, 2.05) is 19.9 Å². The van der Waals surface area contributed by atoms with Crippen LogP contribution in [-0.2, 0) is 15.4 Å². The molecule has 2 N–H and O–H groups in total. The molecule has 1 aromatic carbocycles. The number of nitrogens with one attached hydrogen (secondary N) is 2. The molecule has 0 fully saturated rings. The summed E-state index contributed by atoms with van der Waals surface area (Å²) in [7, 11) is 0.130. The Kier molecular flexibility index (Phi) is 8.49. The van der Waals surface area contributed by atoms with Crippen molar-refractivity contribution in [2.75, 3.05) is 39.5 Å². The zero-order valence-corrected chi connectivity index (χ0v) is 17.2. The van der Waals surface area contributed by atoms with Gasteiger partial charge in [-0.15, -0.1) is 0 Å². The molecule has 8 heteroatoms. The second-order valence-corrected chi connectivity index (χ2v) is 9.19. The molecule has 6 nitrogen and oxygen atoms in total. The smallest absolute Gasteiger partial charge is 0.213 e. The third-order valence-electron chi connectivity index (χ3n) is 4.31. The van der Waals surface area contributed by atoms with Crippen molar-refractivity contribution in [1.82, 2.24) is 14.9 Å². The van der Waals surface area contributed by atoms with E-state index in [-0.39, 0.29) is 17.0 Å². The molecule has 1 aromatic rings. The third-order valence-corrected chi connectivity index (χ3v) is 6.17. The van der Waals surface area contributed by atoms with E-state index in [0.29, 0.717) is 32.0 Å². The van der Waals surface area contributed by atoms with Gasteiger partial charge in [0.25, 0.3) is 0 Å². The number of sulfonamides is 1. The molecule has 0 spiro atoms. The second kappa shape index (κ2) is 9.87. The number of hydrogen-bond donors (Lipinski definition) is 2. The zero-order valence-electron chi connectivity index (χ0n) is 16.3. The lowest BCUT2D eigenvalue weighted by molar-refractivity contribution is 0.460. The fourth-order valence-corrected chi connectivity index (χ4v) is 3.25. The van der Waals surface area contributed by atoms with E-state index in [9.17, 15) is 12.8 Å². The summed E-state index contributed by atoms with van der Waals surface area (Å²) < 4.78 is 38.2. The number of guanidine groups is 1. The number of nitrogens with zero attached hydrogens (tertiary/aromatic N) is 2. The van der Waals surface area contributed by atoms with E-state index in [2.05, 4.69) is 15.6 Å². The van der Waals surface area contributed by atoms with Crippen LogP contribution in [0.25, 0.3) is 0 Å². The highest BCUT2D eigenvalue weighted by atomic mass is 32.2. The van der Waals surface area contributed by atoms with E-state index in [1.165, 1.54) is 10.4 Å². The lowest BCUT2D eigenvalue weighted by Gasteiger charge is -2.27. The van der Waals surface area contributed by atoms with E-state index in [1.54, 1.807) is 33.2 Å². The molecule has 0 radical (unpaired) electrons. The van der Waals surface area contributed by atoms with E-state index < -0.39 is 10.0 Å². The number of halogens is 1. The maximum absolute atomic E-state index is 13.4. The molecule has 0 aliphatic carbocycles. The molecular weight excluding hydrogens is 355 g/mol. The van der Waals surface area contributed by atoms with Crippen molar-refractivity contribution in [2.45, 2.75) is 32.6 Å². The highest BCUT2D eigenvalue weighted by Gasteiger charge is 2.21. The molecule has 1 rings (SSSR count). The van der Waals surface area contributed by atoms with Gasteiger partial charge in [-0.2, -0.15) is 0 Å². The lowest BCUT2D eigenvalue weighted by atomic mass is 9.84. The predicted octanol–water partition coefficient (Wildman–Crippen LogP) is 1.94. The summed E-state index contributed by atoms with van der Waals surface area (Å²) in [6.45, 7) is 7.34. The second-order valence-electron chi connectivity index (χ2n) is 6.82. The van der Waals surface area contributed by atoms with Crippen molar-refractivity contribution in [1.29, 1.82) is 0 Å². The first-order chi connectivity index (χ1) is 12.1. The Labute approximate surface area is 156 Å². The normalized spacial score (nSPS) is 13.1. The number of hydrogen-bond acceptors (Lipinski definition) is 3. The molecule has 0 unspecified atom stereocenters. The SMILES string of the molecule is CCS(=O)(=O)N(C)CCCNC(=NC)NCC(C)(C)c1cccc(F)c1. The van der Waals surface area contributed by atoms with Crippen LogP contribution in [0.3, 0.4) is 0 Å². The summed E-state index contributed by atoms with van der Waals surface area (Å²) in [5.74, 6) is 0.495. The Balaban J connectivity index is 2.46. The average Bonchev–Trinajstić information content (AvgIpc) is 2.60. The lowest BCUT2D eigenvalue weighted by Crippen LogP contribution is -2.44. The van der Waals surface area contributed by atoms with Gasteiger partial charge in [-0.05, 0) is 31.0 Å². The number of rotatable bonds is 9. The van der Waals surface area contributed by atoms with Gasteiger partial charge in [0.05, 0.1) is 5.75 Å². The van der Waals surface area contributed by atoms with Gasteiger partial charge in [0.15, 0.2) is 5.96 Å². The fourth-order valence-electron chi connectivity index (χ4n) is 2.40. The van der Waals surface area contributed by atoms with E-state index in [4.69, 9.17) is 0 Å². The molecule has 148 valence electrons. The van der Waals surface area contributed by atoms with Crippen LogP contribution < -0.4 is 10.6 Å². The number of aliphatic imine (C=N–C) groups is 1. The molecule has 0 atom stereocenters. The Morgan fingerprint density at radius 3 is 2.58 bits per heavy atom. The first-order valence-electron chi connectivity index (χ1n) is 8.77. The molecule has 0 aliphatic heterocycles. The maximum Gasteiger partial charge on any atom is 0.213 e. The highest BCUT2D eigenvalue weighted by Crippen LogP contribution is 2.22. The first kappa shape index (κ1) is 22.4. The van der Waals surface area contributed by atoms with E-state index >= 15 is 0 Å². The Hall–Kier alpha value is -1.67. The maximum atomic E-state index is 13.4. The molecule has 0 aromatic heterocycles. The molecule has 0 saturated heterocycles. The van der Waals surface area contributed by atoms with Crippen LogP contribution in [0.1, 0.15) is 32.8 Å². The van der Waals surface area contributed by atoms with Gasteiger partial charge in [-0.3, -0.25) is 4.99 Å². The topological polar surface area (TPSA) is 73.8 Å². The van der Waals surface area contributed by atoms with Crippen molar-refractivity contribution in [3.63, 3.8) is 0 Å². The van der Waals surface area contributed by atoms with Crippen LogP contribution in [0.15, 0.2) is 29.3 Å². The monoisotopic (exact) mass is 386 g/mol. The van der Waals surface area contributed by atoms with Crippen molar-refractivity contribution >= 4 is 16.0 Å². The van der Waals surface area contributed by atoms with Crippen molar-refractivity contribution < 1.29 is 12.8 Å². The standard InChI is InChI=1S/C18H31FN4O2S/c1-6-26(24,25)23(5)12-8-11-21-17(20-4)22-14-18(2,3)15-9-7-10-16(19)13-15/h7,9-10,13H,6,8,11-12,14H2,1-5H3,(H2,20,21,22). The highest BCUT2D eigenvalue weighted by molar-refractivity contribution is 7.89. The van der Waals surface area contributed by atoms with Gasteiger partial charge in [0.1, 0.15) is 5.82 Å². The van der Waals surface area contributed by atoms with Gasteiger partial charge < -0.3 is 10.6 Å². The van der Waals surface area contributed by atoms with Crippen LogP contribution >= 0.6 is 0 Å². The van der Waals surface area contributed by atoms with Crippen LogP contribution in [0, 0.1) is 5.82 Å². The largest absolute Gasteiger partial charge is 0.356 e. The van der Waals surface area contributed by atoms with Crippen molar-refractivity contribution in [2.24, 2.45) is 4.99 Å². The predicted molar refractivity (Wildman–Crippen MR) is 105 cm³/mol. The molecule has 26 heavy (non-hydrogen) atoms. The molecule has 0 aliphatic rings. The minimum Gasteiger partial charge on any atom is -0.356 e. The first-order valence-corrected chi connectivity index (χ1v) is 10.4. The summed E-state index contributed by atoms with van der Waals surface area (Å²) in [6.07, 6.45) is 0.670. The number of benzene rings is 1. The molecular formula is C18H31FN4O2S.